The molecule has 2 aliphatic carbocycles. The van der Waals surface area contributed by atoms with E-state index in [1.165, 1.54) is 23.9 Å². The lowest BCUT2D eigenvalue weighted by molar-refractivity contribution is -0.136. The predicted octanol–water partition coefficient (Wildman–Crippen LogP) is 5.57. The lowest BCUT2D eigenvalue weighted by atomic mass is 9.56. The van der Waals surface area contributed by atoms with Crippen LogP contribution in [0.1, 0.15) is 61.5 Å². The summed E-state index contributed by atoms with van der Waals surface area (Å²) in [4.78, 5) is 15.4. The molecule has 0 radical (unpaired) electrons. The molecule has 222 valence electrons. The van der Waals surface area contributed by atoms with Gasteiger partial charge < -0.3 is 4.57 Å². The van der Waals surface area contributed by atoms with Gasteiger partial charge in [0.1, 0.15) is 12.2 Å². The molecule has 2 saturated carbocycles. The number of aryl methyl sites for hydroxylation is 1. The van der Waals surface area contributed by atoms with Crippen LogP contribution in [-0.4, -0.2) is 47.6 Å². The van der Waals surface area contributed by atoms with Crippen LogP contribution in [0.3, 0.4) is 0 Å². The van der Waals surface area contributed by atoms with E-state index in [2.05, 4.69) is 10.2 Å². The molecule has 4 heterocycles. The maximum absolute atomic E-state index is 14.3. The van der Waals surface area contributed by atoms with Gasteiger partial charge in [0, 0.05) is 51.4 Å². The summed E-state index contributed by atoms with van der Waals surface area (Å²) in [6.07, 6.45) is 3.36. The van der Waals surface area contributed by atoms with Gasteiger partial charge in [0.25, 0.3) is 5.92 Å². The number of alkyl halides is 5. The summed E-state index contributed by atoms with van der Waals surface area (Å²) in [7, 11) is 1.90. The number of benzene rings is 1. The molecule has 3 aliphatic rings. The van der Waals surface area contributed by atoms with Crippen molar-refractivity contribution in [3.63, 3.8) is 0 Å². The second kappa shape index (κ2) is 8.98. The SMILES string of the molecule is CC1CN(Cc2cc(C(F)(F)F)c3cn(-c4cccc(C5(c6nncn6C)CC6(CC6)C5)c4)c(=O)n3c2)CCC1(F)F. The first kappa shape index (κ1) is 27.3. The molecular formula is C30H31F5N6O. The van der Waals surface area contributed by atoms with Crippen LogP contribution in [0.4, 0.5) is 22.0 Å². The smallest absolute Gasteiger partial charge is 0.320 e. The molecule has 0 amide bonds. The first-order valence-electron chi connectivity index (χ1n) is 14.2. The number of likely N-dealkylation sites (tertiary alicyclic amines) is 1. The number of imidazole rings is 1. The maximum Gasteiger partial charge on any atom is 0.418 e. The van der Waals surface area contributed by atoms with E-state index in [4.69, 9.17) is 0 Å². The van der Waals surface area contributed by atoms with Crippen LogP contribution >= 0.6 is 0 Å². The highest BCUT2D eigenvalue weighted by molar-refractivity contribution is 5.58. The molecule has 1 aromatic carbocycles. The summed E-state index contributed by atoms with van der Waals surface area (Å²) in [5.74, 6) is -2.88. The zero-order valence-electron chi connectivity index (χ0n) is 23.3. The fourth-order valence-electron chi connectivity index (χ4n) is 7.23. The normalized spacial score (nSPS) is 22.9. The van der Waals surface area contributed by atoms with E-state index in [0.29, 0.717) is 11.1 Å². The van der Waals surface area contributed by atoms with Crippen molar-refractivity contribution in [2.75, 3.05) is 13.1 Å². The van der Waals surface area contributed by atoms with Gasteiger partial charge in [-0.05, 0) is 60.4 Å². The second-order valence-corrected chi connectivity index (χ2v) is 12.7. The molecule has 1 atom stereocenters. The lowest BCUT2D eigenvalue weighted by Crippen LogP contribution is -2.45. The Kier molecular flexibility index (Phi) is 5.84. The molecule has 0 N–H and O–H groups in total. The van der Waals surface area contributed by atoms with E-state index in [1.54, 1.807) is 17.3 Å². The van der Waals surface area contributed by atoms with E-state index in [0.717, 1.165) is 47.5 Å². The van der Waals surface area contributed by atoms with Crippen molar-refractivity contribution in [2.24, 2.45) is 18.4 Å². The molecule has 4 aromatic rings. The third-order valence-electron chi connectivity index (χ3n) is 9.68. The Balaban J connectivity index is 1.29. The van der Waals surface area contributed by atoms with Crippen LogP contribution in [0.5, 0.6) is 0 Å². The van der Waals surface area contributed by atoms with Crippen molar-refractivity contribution in [3.05, 3.63) is 82.1 Å². The number of rotatable bonds is 5. The van der Waals surface area contributed by atoms with Gasteiger partial charge in [-0.25, -0.2) is 13.6 Å². The lowest BCUT2D eigenvalue weighted by Gasteiger charge is -2.48. The van der Waals surface area contributed by atoms with Crippen LogP contribution < -0.4 is 5.69 Å². The van der Waals surface area contributed by atoms with Gasteiger partial charge in [0.15, 0.2) is 0 Å². The van der Waals surface area contributed by atoms with Gasteiger partial charge in [-0.2, -0.15) is 13.2 Å². The third-order valence-corrected chi connectivity index (χ3v) is 9.68. The first-order chi connectivity index (χ1) is 19.8. The molecule has 7 nitrogen and oxygen atoms in total. The number of hydrogen-bond donors (Lipinski definition) is 0. The van der Waals surface area contributed by atoms with Crippen LogP contribution in [-0.2, 0) is 25.2 Å². The summed E-state index contributed by atoms with van der Waals surface area (Å²) in [5, 5.41) is 8.50. The second-order valence-electron chi connectivity index (χ2n) is 12.7. The van der Waals surface area contributed by atoms with Crippen LogP contribution in [0.15, 0.2) is 53.8 Å². The van der Waals surface area contributed by atoms with Crippen molar-refractivity contribution >= 4 is 5.52 Å². The Bertz CT molecular complexity index is 1740. The largest absolute Gasteiger partial charge is 0.418 e. The van der Waals surface area contributed by atoms with E-state index in [-0.39, 0.29) is 42.6 Å². The van der Waals surface area contributed by atoms with E-state index >= 15 is 0 Å². The summed E-state index contributed by atoms with van der Waals surface area (Å²) in [6.45, 7) is 1.60. The quantitative estimate of drug-likeness (QED) is 0.287. The zero-order valence-corrected chi connectivity index (χ0v) is 23.3. The van der Waals surface area contributed by atoms with Gasteiger partial charge in [-0.15, -0.1) is 10.2 Å². The van der Waals surface area contributed by atoms with Crippen molar-refractivity contribution < 1.29 is 22.0 Å². The summed E-state index contributed by atoms with van der Waals surface area (Å²) >= 11 is 0. The number of piperidine rings is 1. The minimum absolute atomic E-state index is 0.0362. The summed E-state index contributed by atoms with van der Waals surface area (Å²) < 4.78 is 75.0. The van der Waals surface area contributed by atoms with Crippen molar-refractivity contribution in [1.82, 2.24) is 28.6 Å². The number of hydrogen-bond acceptors (Lipinski definition) is 4. The Hall–Kier alpha value is -3.54. The standard InChI is InChI=1S/C30H31F5N6O/c1-19-12-39(9-8-29(19,31)32)13-20-10-23(30(33,34)35)24-15-40(26(42)41(24)14-20)22-5-3-4-21(11-22)28(16-27(17-28)6-7-27)25-37-36-18-38(25)2/h3-5,10-11,14-15,18-19H,6-9,12-13,16-17H2,1-2H3. The molecule has 1 spiro atoms. The maximum atomic E-state index is 14.3. The fraction of sp³-hybridized carbons (Fsp3) is 0.500. The Morgan fingerprint density at radius 1 is 1.07 bits per heavy atom. The highest BCUT2D eigenvalue weighted by Crippen LogP contribution is 2.70. The number of nitrogens with zero attached hydrogens (tertiary/aromatic N) is 6. The first-order valence-corrected chi connectivity index (χ1v) is 14.2. The van der Waals surface area contributed by atoms with E-state index < -0.39 is 29.3 Å². The highest BCUT2D eigenvalue weighted by atomic mass is 19.4. The molecule has 3 fully saturated rings. The Morgan fingerprint density at radius 3 is 2.48 bits per heavy atom. The molecule has 1 aliphatic heterocycles. The topological polar surface area (TPSA) is 60.4 Å². The van der Waals surface area contributed by atoms with Gasteiger partial charge in [0.05, 0.1) is 22.2 Å². The van der Waals surface area contributed by atoms with Gasteiger partial charge >= 0.3 is 11.9 Å². The van der Waals surface area contributed by atoms with Crippen molar-refractivity contribution in [1.29, 1.82) is 0 Å². The average Bonchev–Trinajstić information content (AvgIpc) is 3.48. The number of pyridine rings is 1. The highest BCUT2D eigenvalue weighted by Gasteiger charge is 2.63. The summed E-state index contributed by atoms with van der Waals surface area (Å²) in [5.41, 5.74) is -0.253. The monoisotopic (exact) mass is 586 g/mol. The van der Waals surface area contributed by atoms with Gasteiger partial charge in [-0.1, -0.05) is 19.1 Å². The van der Waals surface area contributed by atoms with Crippen LogP contribution in [0.25, 0.3) is 11.2 Å². The Morgan fingerprint density at radius 2 is 1.83 bits per heavy atom. The molecule has 1 unspecified atom stereocenters. The van der Waals surface area contributed by atoms with Gasteiger partial charge in [-0.3, -0.25) is 13.9 Å². The summed E-state index contributed by atoms with van der Waals surface area (Å²) in [6, 6.07) is 8.41. The molecule has 42 heavy (non-hydrogen) atoms. The fourth-order valence-corrected chi connectivity index (χ4v) is 7.23. The molecule has 0 bridgehead atoms. The number of halogens is 5. The van der Waals surface area contributed by atoms with Crippen molar-refractivity contribution in [2.45, 2.75) is 63.1 Å². The molecule has 12 heteroatoms. The zero-order chi connectivity index (χ0) is 29.7. The molecule has 1 saturated heterocycles. The number of fused-ring (bicyclic) bond motifs is 1. The van der Waals surface area contributed by atoms with Crippen LogP contribution in [0.2, 0.25) is 0 Å². The molecular weight excluding hydrogens is 555 g/mol. The van der Waals surface area contributed by atoms with E-state index in [1.807, 2.05) is 29.8 Å². The van der Waals surface area contributed by atoms with Gasteiger partial charge in [0.2, 0.25) is 0 Å². The molecule has 7 rings (SSSR count). The third kappa shape index (κ3) is 4.28. The number of aromatic nitrogens is 5. The minimum atomic E-state index is -4.72. The van der Waals surface area contributed by atoms with Crippen LogP contribution in [0, 0.1) is 11.3 Å². The Labute approximate surface area is 238 Å². The van der Waals surface area contributed by atoms with E-state index in [9.17, 15) is 26.7 Å². The minimum Gasteiger partial charge on any atom is -0.320 e. The average molecular weight is 587 g/mol. The molecule has 3 aromatic heterocycles. The van der Waals surface area contributed by atoms with Crippen molar-refractivity contribution in [3.8, 4) is 5.69 Å². The predicted molar refractivity (Wildman–Crippen MR) is 145 cm³/mol.